The molecule has 2 rings (SSSR count). The Bertz CT molecular complexity index is 346. The van der Waals surface area contributed by atoms with Crippen molar-refractivity contribution in [1.29, 1.82) is 0 Å². The van der Waals surface area contributed by atoms with Crippen LogP contribution < -0.4 is 0 Å². The van der Waals surface area contributed by atoms with Crippen molar-refractivity contribution in [3.63, 3.8) is 0 Å². The number of aldehydes is 1. The minimum absolute atomic E-state index is 0.197. The highest BCUT2D eigenvalue weighted by molar-refractivity contribution is 5.62. The molecule has 0 saturated carbocycles. The largest absolute Gasteiger partial charge is 0.303 e. The van der Waals surface area contributed by atoms with Gasteiger partial charge in [-0.15, -0.1) is 0 Å². The molecule has 0 aliphatic heterocycles. The van der Waals surface area contributed by atoms with Crippen LogP contribution in [0, 0.1) is 22.7 Å². The topological polar surface area (TPSA) is 17.1 Å². The van der Waals surface area contributed by atoms with Crippen molar-refractivity contribution in [2.45, 2.75) is 53.9 Å². The summed E-state index contributed by atoms with van der Waals surface area (Å²) >= 11 is 0. The van der Waals surface area contributed by atoms with E-state index in [0.29, 0.717) is 5.92 Å². The minimum Gasteiger partial charge on any atom is -0.303 e. The zero-order valence-corrected chi connectivity index (χ0v) is 11.3. The molecular weight excluding hydrogens is 196 g/mol. The van der Waals surface area contributed by atoms with Crippen LogP contribution in [-0.4, -0.2) is 6.29 Å². The van der Waals surface area contributed by atoms with Crippen LogP contribution in [0.2, 0.25) is 0 Å². The molecule has 0 fully saturated rings. The molecule has 0 aromatic heterocycles. The Morgan fingerprint density at radius 3 is 2.38 bits per heavy atom. The van der Waals surface area contributed by atoms with Crippen LogP contribution in [0.1, 0.15) is 53.9 Å². The lowest BCUT2D eigenvalue weighted by Gasteiger charge is -2.35. The standard InChI is InChI=1S/C15H24O/c1-10-14(2,3)12-8-6-7-11(9-16)13(12)15(10,4)5/h9-11H,6-8H2,1-5H3/t10-,11+/m1/s1. The number of carbonyl (C=O) groups is 1. The van der Waals surface area contributed by atoms with Gasteiger partial charge in [0.25, 0.3) is 0 Å². The van der Waals surface area contributed by atoms with Crippen LogP contribution in [0.25, 0.3) is 0 Å². The van der Waals surface area contributed by atoms with Crippen LogP contribution >= 0.6 is 0 Å². The molecule has 2 aliphatic rings. The molecule has 90 valence electrons. The molecule has 0 amide bonds. The maximum Gasteiger partial charge on any atom is 0.127 e. The van der Waals surface area contributed by atoms with Gasteiger partial charge < -0.3 is 4.79 Å². The van der Waals surface area contributed by atoms with E-state index in [1.165, 1.54) is 24.7 Å². The quantitative estimate of drug-likeness (QED) is 0.482. The van der Waals surface area contributed by atoms with E-state index in [-0.39, 0.29) is 16.7 Å². The highest BCUT2D eigenvalue weighted by atomic mass is 16.1. The van der Waals surface area contributed by atoms with E-state index in [2.05, 4.69) is 34.6 Å². The summed E-state index contributed by atoms with van der Waals surface area (Å²) in [6.45, 7) is 11.7. The van der Waals surface area contributed by atoms with Gasteiger partial charge in [-0.05, 0) is 36.0 Å². The van der Waals surface area contributed by atoms with E-state index in [4.69, 9.17) is 0 Å². The average molecular weight is 220 g/mol. The van der Waals surface area contributed by atoms with E-state index in [0.717, 1.165) is 6.42 Å². The maximum atomic E-state index is 11.3. The summed E-state index contributed by atoms with van der Waals surface area (Å²) in [5, 5.41) is 0. The van der Waals surface area contributed by atoms with Gasteiger partial charge in [0.15, 0.2) is 0 Å². The first kappa shape index (κ1) is 11.9. The van der Waals surface area contributed by atoms with E-state index in [1.54, 1.807) is 5.57 Å². The summed E-state index contributed by atoms with van der Waals surface area (Å²) in [6.07, 6.45) is 4.65. The first-order valence-corrected chi connectivity index (χ1v) is 6.52. The van der Waals surface area contributed by atoms with Crippen molar-refractivity contribution >= 4 is 6.29 Å². The molecule has 2 aliphatic carbocycles. The van der Waals surface area contributed by atoms with Gasteiger partial charge in [0.1, 0.15) is 6.29 Å². The molecule has 0 N–H and O–H groups in total. The first-order valence-electron chi connectivity index (χ1n) is 6.52. The highest BCUT2D eigenvalue weighted by Crippen LogP contribution is 2.61. The van der Waals surface area contributed by atoms with E-state index >= 15 is 0 Å². The molecule has 0 saturated heterocycles. The Labute approximate surface area is 99.3 Å². The van der Waals surface area contributed by atoms with Crippen LogP contribution in [0.3, 0.4) is 0 Å². The van der Waals surface area contributed by atoms with Gasteiger partial charge in [-0.25, -0.2) is 0 Å². The summed E-state index contributed by atoms with van der Waals surface area (Å²) in [4.78, 5) is 11.3. The van der Waals surface area contributed by atoms with Crippen molar-refractivity contribution < 1.29 is 4.79 Å². The second-order valence-corrected chi connectivity index (χ2v) is 6.69. The number of carbonyl (C=O) groups excluding carboxylic acids is 1. The van der Waals surface area contributed by atoms with Crippen LogP contribution in [0.15, 0.2) is 11.1 Å². The Kier molecular flexibility index (Phi) is 2.56. The van der Waals surface area contributed by atoms with E-state index < -0.39 is 0 Å². The number of rotatable bonds is 1. The molecule has 2 atom stereocenters. The number of hydrogen-bond acceptors (Lipinski definition) is 1. The molecule has 0 spiro atoms. The van der Waals surface area contributed by atoms with Gasteiger partial charge in [0.05, 0.1) is 0 Å². The zero-order chi connectivity index (χ0) is 12.1. The lowest BCUT2D eigenvalue weighted by molar-refractivity contribution is -0.110. The monoisotopic (exact) mass is 220 g/mol. The third kappa shape index (κ3) is 1.33. The normalized spacial score (nSPS) is 36.1. The Hall–Kier alpha value is -0.590. The number of allylic oxidation sites excluding steroid dienone is 2. The molecule has 0 aromatic rings. The maximum absolute atomic E-state index is 11.3. The summed E-state index contributed by atoms with van der Waals surface area (Å²) in [5.74, 6) is 0.827. The van der Waals surface area contributed by atoms with Crippen LogP contribution in [-0.2, 0) is 4.79 Å². The lowest BCUT2D eigenvalue weighted by atomic mass is 9.69. The van der Waals surface area contributed by atoms with Gasteiger partial charge in [0, 0.05) is 5.92 Å². The predicted molar refractivity (Wildman–Crippen MR) is 67.2 cm³/mol. The van der Waals surface area contributed by atoms with Gasteiger partial charge in [-0.2, -0.15) is 0 Å². The Morgan fingerprint density at radius 2 is 1.81 bits per heavy atom. The molecule has 0 aromatic carbocycles. The molecule has 1 heteroatoms. The smallest absolute Gasteiger partial charge is 0.127 e. The van der Waals surface area contributed by atoms with Crippen LogP contribution in [0.4, 0.5) is 0 Å². The van der Waals surface area contributed by atoms with Crippen molar-refractivity contribution in [3.05, 3.63) is 11.1 Å². The SMILES string of the molecule is C[C@@H]1C(C)(C)C2=C([C@H](C=O)CCC2)C1(C)C. The number of hydrogen-bond donors (Lipinski definition) is 0. The molecule has 16 heavy (non-hydrogen) atoms. The Balaban J connectivity index is 2.57. The zero-order valence-electron chi connectivity index (χ0n) is 11.3. The second kappa shape index (κ2) is 3.45. The first-order chi connectivity index (χ1) is 7.33. The minimum atomic E-state index is 0.197. The lowest BCUT2D eigenvalue weighted by Crippen LogP contribution is -2.29. The fourth-order valence-corrected chi connectivity index (χ4v) is 4.07. The fourth-order valence-electron chi connectivity index (χ4n) is 4.07. The predicted octanol–water partition coefficient (Wildman–Crippen LogP) is 3.98. The molecule has 0 unspecified atom stereocenters. The van der Waals surface area contributed by atoms with Crippen molar-refractivity contribution in [2.75, 3.05) is 0 Å². The molecule has 0 heterocycles. The van der Waals surface area contributed by atoms with Crippen LogP contribution in [0.5, 0.6) is 0 Å². The van der Waals surface area contributed by atoms with Gasteiger partial charge in [0.2, 0.25) is 0 Å². The summed E-state index contributed by atoms with van der Waals surface area (Å²) in [7, 11) is 0. The summed E-state index contributed by atoms with van der Waals surface area (Å²) in [6, 6.07) is 0. The highest BCUT2D eigenvalue weighted by Gasteiger charge is 2.52. The molecule has 1 nitrogen and oxygen atoms in total. The summed E-state index contributed by atoms with van der Waals surface area (Å²) in [5.41, 5.74) is 3.55. The third-order valence-electron chi connectivity index (χ3n) is 5.44. The van der Waals surface area contributed by atoms with E-state index in [1.807, 2.05) is 0 Å². The summed E-state index contributed by atoms with van der Waals surface area (Å²) < 4.78 is 0. The Morgan fingerprint density at radius 1 is 1.19 bits per heavy atom. The van der Waals surface area contributed by atoms with Gasteiger partial charge in [-0.1, -0.05) is 45.8 Å². The van der Waals surface area contributed by atoms with Gasteiger partial charge >= 0.3 is 0 Å². The molecule has 0 bridgehead atoms. The molecular formula is C15H24O. The van der Waals surface area contributed by atoms with E-state index in [9.17, 15) is 4.79 Å². The van der Waals surface area contributed by atoms with Crippen molar-refractivity contribution in [2.24, 2.45) is 22.7 Å². The molecule has 0 radical (unpaired) electrons. The fraction of sp³-hybridized carbons (Fsp3) is 0.800. The second-order valence-electron chi connectivity index (χ2n) is 6.69. The average Bonchev–Trinajstić information content (AvgIpc) is 2.38. The van der Waals surface area contributed by atoms with Crippen molar-refractivity contribution in [1.82, 2.24) is 0 Å². The van der Waals surface area contributed by atoms with Crippen molar-refractivity contribution in [3.8, 4) is 0 Å². The van der Waals surface area contributed by atoms with Gasteiger partial charge in [-0.3, -0.25) is 0 Å². The third-order valence-corrected chi connectivity index (χ3v) is 5.44.